The van der Waals surface area contributed by atoms with E-state index in [1.54, 1.807) is 0 Å². The summed E-state index contributed by atoms with van der Waals surface area (Å²) in [5.74, 6) is 1.01. The number of likely N-dealkylation sites (N-methyl/N-ethyl adjacent to an activating group) is 1. The van der Waals surface area contributed by atoms with Crippen LogP contribution in [0.3, 0.4) is 0 Å². The van der Waals surface area contributed by atoms with Crippen molar-refractivity contribution in [3.8, 4) is 11.5 Å². The van der Waals surface area contributed by atoms with Gasteiger partial charge < -0.3 is 15.2 Å². The van der Waals surface area contributed by atoms with Crippen LogP contribution in [0.15, 0.2) is 27.2 Å². The summed E-state index contributed by atoms with van der Waals surface area (Å²) in [6.07, 6.45) is 0. The lowest BCUT2D eigenvalue weighted by molar-refractivity contribution is 0.357. The summed E-state index contributed by atoms with van der Waals surface area (Å²) in [6, 6.07) is 5.72. The van der Waals surface area contributed by atoms with Crippen molar-refractivity contribution in [1.82, 2.24) is 15.0 Å². The van der Waals surface area contributed by atoms with Crippen molar-refractivity contribution in [3.05, 3.63) is 34.1 Å². The fraction of sp³-hybridized carbons (Fsp3) is 0.385. The molecule has 0 aliphatic carbocycles. The third kappa shape index (κ3) is 3.40. The number of benzene rings is 1. The third-order valence-corrected chi connectivity index (χ3v) is 3.35. The molecule has 1 aromatic carbocycles. The van der Waals surface area contributed by atoms with Gasteiger partial charge in [0.15, 0.2) is 5.82 Å². The minimum Gasteiger partial charge on any atom is -0.334 e. The second-order valence-electron chi connectivity index (χ2n) is 4.81. The predicted molar refractivity (Wildman–Crippen MR) is 77.7 cm³/mol. The molecule has 0 spiro atoms. The molecule has 0 fully saturated rings. The van der Waals surface area contributed by atoms with Crippen LogP contribution in [0.1, 0.15) is 17.4 Å². The first-order chi connectivity index (χ1) is 8.97. The van der Waals surface area contributed by atoms with Crippen molar-refractivity contribution in [2.75, 3.05) is 20.6 Å². The number of hydrogen-bond donors (Lipinski definition) is 1. The van der Waals surface area contributed by atoms with E-state index < -0.39 is 0 Å². The Kier molecular flexibility index (Phi) is 4.34. The maximum absolute atomic E-state index is 6.01. The maximum atomic E-state index is 6.01. The molecule has 0 saturated heterocycles. The van der Waals surface area contributed by atoms with Crippen molar-refractivity contribution >= 4 is 15.9 Å². The highest BCUT2D eigenvalue weighted by Crippen LogP contribution is 2.28. The van der Waals surface area contributed by atoms with Crippen molar-refractivity contribution in [2.45, 2.75) is 13.0 Å². The molecule has 0 bridgehead atoms. The van der Waals surface area contributed by atoms with E-state index in [-0.39, 0.29) is 6.04 Å². The van der Waals surface area contributed by atoms with Gasteiger partial charge in [-0.3, -0.25) is 0 Å². The Hall–Kier alpha value is -1.24. The van der Waals surface area contributed by atoms with E-state index in [2.05, 4.69) is 26.1 Å². The van der Waals surface area contributed by atoms with E-state index >= 15 is 0 Å². The Morgan fingerprint density at radius 1 is 1.42 bits per heavy atom. The smallest absolute Gasteiger partial charge is 0.259 e. The monoisotopic (exact) mass is 324 g/mol. The van der Waals surface area contributed by atoms with Crippen LogP contribution in [0.2, 0.25) is 0 Å². The topological polar surface area (TPSA) is 68.2 Å². The molecule has 1 aromatic heterocycles. The van der Waals surface area contributed by atoms with Crippen LogP contribution in [-0.4, -0.2) is 35.7 Å². The summed E-state index contributed by atoms with van der Waals surface area (Å²) >= 11 is 3.50. The molecule has 2 rings (SSSR count). The first kappa shape index (κ1) is 14.2. The second kappa shape index (κ2) is 5.81. The molecule has 102 valence electrons. The molecule has 1 heterocycles. The van der Waals surface area contributed by atoms with Gasteiger partial charge in [0.05, 0.1) is 11.6 Å². The SMILES string of the molecule is Cc1ccc(-c2nc(C(N)CN(C)C)no2)c(Br)c1. The molecule has 2 aromatic rings. The van der Waals surface area contributed by atoms with Gasteiger partial charge in [-0.2, -0.15) is 4.98 Å². The maximum Gasteiger partial charge on any atom is 0.259 e. The van der Waals surface area contributed by atoms with Crippen LogP contribution in [0.25, 0.3) is 11.5 Å². The molecule has 0 radical (unpaired) electrons. The third-order valence-electron chi connectivity index (χ3n) is 2.69. The van der Waals surface area contributed by atoms with Crippen LogP contribution < -0.4 is 5.73 Å². The molecular formula is C13H17BrN4O. The average molecular weight is 325 g/mol. The summed E-state index contributed by atoms with van der Waals surface area (Å²) in [5.41, 5.74) is 8.05. The van der Waals surface area contributed by atoms with Gasteiger partial charge in [0, 0.05) is 11.0 Å². The molecule has 0 aliphatic rings. The van der Waals surface area contributed by atoms with Gasteiger partial charge in [0.25, 0.3) is 5.89 Å². The van der Waals surface area contributed by atoms with E-state index in [1.807, 2.05) is 44.1 Å². The first-order valence-corrected chi connectivity index (χ1v) is 6.77. The minimum absolute atomic E-state index is 0.253. The Morgan fingerprint density at radius 2 is 2.16 bits per heavy atom. The zero-order chi connectivity index (χ0) is 14.0. The molecule has 1 atom stereocenters. The fourth-order valence-corrected chi connectivity index (χ4v) is 2.43. The van der Waals surface area contributed by atoms with Gasteiger partial charge in [-0.15, -0.1) is 0 Å². The Bertz CT molecular complexity index is 568. The molecule has 19 heavy (non-hydrogen) atoms. The van der Waals surface area contributed by atoms with Crippen molar-refractivity contribution < 1.29 is 4.52 Å². The minimum atomic E-state index is -0.253. The quantitative estimate of drug-likeness (QED) is 0.935. The van der Waals surface area contributed by atoms with Gasteiger partial charge >= 0.3 is 0 Å². The van der Waals surface area contributed by atoms with Crippen LogP contribution in [0, 0.1) is 6.92 Å². The summed E-state index contributed by atoms with van der Waals surface area (Å²) in [6.45, 7) is 2.70. The van der Waals surface area contributed by atoms with E-state index in [4.69, 9.17) is 10.3 Å². The van der Waals surface area contributed by atoms with Crippen LogP contribution in [0.5, 0.6) is 0 Å². The molecule has 6 heteroatoms. The molecule has 0 aliphatic heterocycles. The van der Waals surface area contributed by atoms with E-state index in [1.165, 1.54) is 5.56 Å². The summed E-state index contributed by atoms with van der Waals surface area (Å²) < 4.78 is 6.22. The van der Waals surface area contributed by atoms with Gasteiger partial charge in [0.2, 0.25) is 0 Å². The molecule has 0 saturated carbocycles. The zero-order valence-electron chi connectivity index (χ0n) is 11.2. The number of rotatable bonds is 4. The number of nitrogens with zero attached hydrogens (tertiary/aromatic N) is 3. The largest absolute Gasteiger partial charge is 0.334 e. The zero-order valence-corrected chi connectivity index (χ0v) is 12.8. The molecule has 5 nitrogen and oxygen atoms in total. The summed E-state index contributed by atoms with van der Waals surface area (Å²) in [5, 5.41) is 3.95. The molecule has 1 unspecified atom stereocenters. The predicted octanol–water partition coefficient (Wildman–Crippen LogP) is 2.37. The highest BCUT2D eigenvalue weighted by Gasteiger charge is 2.17. The molecule has 2 N–H and O–H groups in total. The van der Waals surface area contributed by atoms with Crippen LogP contribution >= 0.6 is 15.9 Å². The van der Waals surface area contributed by atoms with E-state index in [0.717, 1.165) is 10.0 Å². The fourth-order valence-electron chi connectivity index (χ4n) is 1.76. The van der Waals surface area contributed by atoms with Gasteiger partial charge in [-0.1, -0.05) is 11.2 Å². The lowest BCUT2D eigenvalue weighted by Crippen LogP contribution is -2.26. The van der Waals surface area contributed by atoms with Crippen molar-refractivity contribution in [1.29, 1.82) is 0 Å². The van der Waals surface area contributed by atoms with Gasteiger partial charge in [-0.05, 0) is 54.6 Å². The normalized spacial score (nSPS) is 12.9. The second-order valence-corrected chi connectivity index (χ2v) is 5.66. The Labute approximate surface area is 120 Å². The number of aryl methyl sites for hydroxylation is 1. The van der Waals surface area contributed by atoms with Crippen molar-refractivity contribution in [2.24, 2.45) is 5.73 Å². The Morgan fingerprint density at radius 3 is 2.79 bits per heavy atom. The van der Waals surface area contributed by atoms with Crippen molar-refractivity contribution in [3.63, 3.8) is 0 Å². The average Bonchev–Trinajstić information content (AvgIpc) is 2.77. The van der Waals surface area contributed by atoms with E-state index in [0.29, 0.717) is 18.3 Å². The number of aromatic nitrogens is 2. The summed E-state index contributed by atoms with van der Waals surface area (Å²) in [7, 11) is 3.91. The van der Waals surface area contributed by atoms with Gasteiger partial charge in [0.1, 0.15) is 0 Å². The Balaban J connectivity index is 2.25. The molecular weight excluding hydrogens is 308 g/mol. The highest BCUT2D eigenvalue weighted by atomic mass is 79.9. The van der Waals surface area contributed by atoms with Crippen LogP contribution in [0.4, 0.5) is 0 Å². The number of nitrogens with two attached hydrogens (primary N) is 1. The lowest BCUT2D eigenvalue weighted by Gasteiger charge is -2.12. The van der Waals surface area contributed by atoms with Crippen LogP contribution in [-0.2, 0) is 0 Å². The van der Waals surface area contributed by atoms with E-state index in [9.17, 15) is 0 Å². The number of halogens is 1. The van der Waals surface area contributed by atoms with Gasteiger partial charge in [-0.25, -0.2) is 0 Å². The molecule has 0 amide bonds. The standard InChI is InChI=1S/C13H17BrN4O/c1-8-4-5-9(10(14)6-8)13-16-12(17-19-13)11(15)7-18(2)3/h4-6,11H,7,15H2,1-3H3. The first-order valence-electron chi connectivity index (χ1n) is 5.98. The number of hydrogen-bond acceptors (Lipinski definition) is 5. The lowest BCUT2D eigenvalue weighted by atomic mass is 10.1. The highest BCUT2D eigenvalue weighted by molar-refractivity contribution is 9.10. The summed E-state index contributed by atoms with van der Waals surface area (Å²) in [4.78, 5) is 6.35.